The van der Waals surface area contributed by atoms with Crippen LogP contribution in [0.2, 0.25) is 0 Å². The van der Waals surface area contributed by atoms with Crippen molar-refractivity contribution in [3.63, 3.8) is 0 Å². The maximum absolute atomic E-state index is 13.0. The Morgan fingerprint density at radius 1 is 1.14 bits per heavy atom. The number of ether oxygens (including phenoxy) is 2. The van der Waals surface area contributed by atoms with Crippen molar-refractivity contribution in [2.24, 2.45) is 0 Å². The van der Waals surface area contributed by atoms with Crippen molar-refractivity contribution in [2.75, 3.05) is 55.5 Å². The summed E-state index contributed by atoms with van der Waals surface area (Å²) in [7, 11) is 3.03. The predicted octanol–water partition coefficient (Wildman–Crippen LogP) is 1.69. The number of benzene rings is 1. The summed E-state index contributed by atoms with van der Waals surface area (Å²) in [5.41, 5.74) is 2.58. The number of hydrogen-bond acceptors (Lipinski definition) is 10. The Balaban J connectivity index is 1.33. The largest absolute Gasteiger partial charge is 0.493 e. The molecule has 2 aliphatic heterocycles. The van der Waals surface area contributed by atoms with Crippen molar-refractivity contribution in [3.8, 4) is 11.5 Å². The standard InChI is InChI=1S/C23H25N7O5/c1-33-18-10-14-13-30(22(32)15(14)11-19(18)34-2)23-28-27-21(35-23)20(31)26-16-12-25-6-4-17(16)29-8-3-5-24-7-9-29/h4,6,10-12,24H,3,5,7-9,13H2,1-2H3,(H,26,31). The number of hydrogen-bond donors (Lipinski definition) is 2. The fourth-order valence-corrected chi connectivity index (χ4v) is 4.23. The number of nitrogens with zero attached hydrogens (tertiary/aromatic N) is 5. The molecule has 1 aromatic carbocycles. The molecule has 1 fully saturated rings. The second kappa shape index (κ2) is 9.58. The molecular weight excluding hydrogens is 454 g/mol. The molecule has 2 N–H and O–H groups in total. The number of pyridine rings is 1. The van der Waals surface area contributed by atoms with E-state index in [1.54, 1.807) is 24.5 Å². The average molecular weight is 479 g/mol. The van der Waals surface area contributed by atoms with Crippen molar-refractivity contribution in [3.05, 3.63) is 47.6 Å². The highest BCUT2D eigenvalue weighted by molar-refractivity contribution is 6.09. The predicted molar refractivity (Wildman–Crippen MR) is 126 cm³/mol. The van der Waals surface area contributed by atoms with Crippen LogP contribution in [-0.2, 0) is 6.54 Å². The Morgan fingerprint density at radius 3 is 2.80 bits per heavy atom. The third-order valence-corrected chi connectivity index (χ3v) is 5.98. The van der Waals surface area contributed by atoms with Gasteiger partial charge in [-0.2, -0.15) is 0 Å². The molecule has 2 amide bonds. The van der Waals surface area contributed by atoms with Gasteiger partial charge in [0.2, 0.25) is 0 Å². The zero-order chi connectivity index (χ0) is 24.4. The lowest BCUT2D eigenvalue weighted by atomic mass is 10.1. The van der Waals surface area contributed by atoms with Gasteiger partial charge in [-0.1, -0.05) is 5.10 Å². The molecule has 0 spiro atoms. The van der Waals surface area contributed by atoms with Gasteiger partial charge in [-0.15, -0.1) is 5.10 Å². The topological polar surface area (TPSA) is 135 Å². The molecule has 0 radical (unpaired) electrons. The molecule has 35 heavy (non-hydrogen) atoms. The van der Waals surface area contributed by atoms with Gasteiger partial charge in [0, 0.05) is 31.4 Å². The highest BCUT2D eigenvalue weighted by atomic mass is 16.5. The quantitative estimate of drug-likeness (QED) is 0.538. The van der Waals surface area contributed by atoms with E-state index in [0.717, 1.165) is 43.9 Å². The fourth-order valence-electron chi connectivity index (χ4n) is 4.23. The van der Waals surface area contributed by atoms with Crippen LogP contribution in [0.15, 0.2) is 35.0 Å². The van der Waals surface area contributed by atoms with Crippen LogP contribution in [0.3, 0.4) is 0 Å². The maximum Gasteiger partial charge on any atom is 0.326 e. The number of aromatic nitrogens is 3. The van der Waals surface area contributed by atoms with Crippen molar-refractivity contribution < 1.29 is 23.5 Å². The summed E-state index contributed by atoms with van der Waals surface area (Å²) >= 11 is 0. The molecule has 3 aromatic rings. The number of nitrogens with one attached hydrogen (secondary N) is 2. The first-order chi connectivity index (χ1) is 17.1. The van der Waals surface area contributed by atoms with Gasteiger partial charge in [0.25, 0.3) is 5.91 Å². The minimum absolute atomic E-state index is 0.0701. The van der Waals surface area contributed by atoms with E-state index < -0.39 is 5.91 Å². The number of anilines is 3. The molecule has 0 saturated carbocycles. The van der Waals surface area contributed by atoms with Crippen LogP contribution in [0.25, 0.3) is 0 Å². The van der Waals surface area contributed by atoms with E-state index in [4.69, 9.17) is 13.9 Å². The molecule has 0 bridgehead atoms. The second-order valence-electron chi connectivity index (χ2n) is 8.08. The van der Waals surface area contributed by atoms with Gasteiger partial charge in [0.05, 0.1) is 38.3 Å². The van der Waals surface area contributed by atoms with Crippen LogP contribution >= 0.6 is 0 Å². The van der Waals surface area contributed by atoms with Gasteiger partial charge in [0.1, 0.15) is 0 Å². The minimum Gasteiger partial charge on any atom is -0.493 e. The second-order valence-corrected chi connectivity index (χ2v) is 8.08. The average Bonchev–Trinajstić information content (AvgIpc) is 3.38. The van der Waals surface area contributed by atoms with Gasteiger partial charge >= 0.3 is 17.8 Å². The Bertz CT molecular complexity index is 1250. The first kappa shape index (κ1) is 22.6. The molecule has 2 aliphatic rings. The van der Waals surface area contributed by atoms with Crippen molar-refractivity contribution in [2.45, 2.75) is 13.0 Å². The molecule has 12 heteroatoms. The fraction of sp³-hybridized carbons (Fsp3) is 0.348. The van der Waals surface area contributed by atoms with Gasteiger partial charge in [-0.05, 0) is 36.7 Å². The van der Waals surface area contributed by atoms with Gasteiger partial charge in [-0.3, -0.25) is 19.5 Å². The van der Waals surface area contributed by atoms with E-state index in [2.05, 4.69) is 30.7 Å². The summed E-state index contributed by atoms with van der Waals surface area (Å²) in [5, 5.41) is 14.0. The van der Waals surface area contributed by atoms with E-state index in [9.17, 15) is 9.59 Å². The molecule has 5 rings (SSSR count). The van der Waals surface area contributed by atoms with Crippen molar-refractivity contribution in [1.82, 2.24) is 20.5 Å². The summed E-state index contributed by atoms with van der Waals surface area (Å²) in [6.45, 7) is 3.68. The lowest BCUT2D eigenvalue weighted by molar-refractivity contribution is 0.0971. The molecule has 1 saturated heterocycles. The summed E-state index contributed by atoms with van der Waals surface area (Å²) < 4.78 is 16.2. The lowest BCUT2D eigenvalue weighted by Gasteiger charge is -2.24. The Morgan fingerprint density at radius 2 is 1.97 bits per heavy atom. The van der Waals surface area contributed by atoms with E-state index in [1.165, 1.54) is 19.1 Å². The minimum atomic E-state index is -0.585. The van der Waals surface area contributed by atoms with Crippen LogP contribution in [-0.4, -0.2) is 67.4 Å². The van der Waals surface area contributed by atoms with E-state index in [1.807, 2.05) is 6.07 Å². The van der Waals surface area contributed by atoms with Gasteiger partial charge < -0.3 is 29.4 Å². The monoisotopic (exact) mass is 479 g/mol. The van der Waals surface area contributed by atoms with Crippen LogP contribution < -0.4 is 29.9 Å². The first-order valence-electron chi connectivity index (χ1n) is 11.2. The molecular formula is C23H25N7O5. The molecule has 0 atom stereocenters. The molecule has 12 nitrogen and oxygen atoms in total. The number of fused-ring (bicyclic) bond motifs is 1. The Labute approximate surface area is 201 Å². The summed E-state index contributed by atoms with van der Waals surface area (Å²) in [4.78, 5) is 33.5. The number of carbonyl (C=O) groups excluding carboxylic acids is 2. The lowest BCUT2D eigenvalue weighted by Crippen LogP contribution is -2.29. The summed E-state index contributed by atoms with van der Waals surface area (Å²) in [6.07, 6.45) is 4.27. The molecule has 2 aromatic heterocycles. The zero-order valence-corrected chi connectivity index (χ0v) is 19.4. The van der Waals surface area contributed by atoms with Gasteiger partial charge in [0.15, 0.2) is 11.5 Å². The number of methoxy groups -OCH3 is 2. The molecule has 182 valence electrons. The smallest absolute Gasteiger partial charge is 0.326 e. The third-order valence-electron chi connectivity index (χ3n) is 5.98. The highest BCUT2D eigenvalue weighted by Gasteiger charge is 2.34. The van der Waals surface area contributed by atoms with Gasteiger partial charge in [-0.25, -0.2) is 0 Å². The van der Waals surface area contributed by atoms with E-state index in [-0.39, 0.29) is 24.4 Å². The number of rotatable bonds is 6. The Kier molecular flexibility index (Phi) is 6.19. The number of amides is 2. The van der Waals surface area contributed by atoms with Crippen LogP contribution in [0.5, 0.6) is 11.5 Å². The van der Waals surface area contributed by atoms with Crippen LogP contribution in [0.1, 0.15) is 33.0 Å². The first-order valence-corrected chi connectivity index (χ1v) is 11.2. The Hall–Kier alpha value is -4.19. The normalized spacial score (nSPS) is 15.5. The van der Waals surface area contributed by atoms with Crippen LogP contribution in [0, 0.1) is 0 Å². The van der Waals surface area contributed by atoms with Crippen molar-refractivity contribution in [1.29, 1.82) is 0 Å². The van der Waals surface area contributed by atoms with E-state index >= 15 is 0 Å². The summed E-state index contributed by atoms with van der Waals surface area (Å²) in [5.74, 6) is -0.218. The molecule has 0 aliphatic carbocycles. The third kappa shape index (κ3) is 4.35. The highest BCUT2D eigenvalue weighted by Crippen LogP contribution is 2.36. The maximum atomic E-state index is 13.0. The van der Waals surface area contributed by atoms with E-state index in [0.29, 0.717) is 22.7 Å². The summed E-state index contributed by atoms with van der Waals surface area (Å²) in [6, 6.07) is 5.14. The SMILES string of the molecule is COc1cc2c(cc1OC)C(=O)N(c1nnc(C(=O)Nc3cnccc3N3CCCNCC3)o1)C2. The van der Waals surface area contributed by atoms with Crippen molar-refractivity contribution >= 4 is 29.2 Å². The molecule has 4 heterocycles. The zero-order valence-electron chi connectivity index (χ0n) is 19.4. The number of carbonyl (C=O) groups is 2. The molecule has 0 unspecified atom stereocenters. The van der Waals surface area contributed by atoms with Crippen LogP contribution in [0.4, 0.5) is 17.4 Å².